The molecule has 0 radical (unpaired) electrons. The van der Waals surface area contributed by atoms with Crippen LogP contribution in [0.2, 0.25) is 0 Å². The van der Waals surface area contributed by atoms with Gasteiger partial charge in [0.1, 0.15) is 0 Å². The topological polar surface area (TPSA) is 50.4 Å². The van der Waals surface area contributed by atoms with E-state index in [9.17, 15) is 18.0 Å². The van der Waals surface area contributed by atoms with Gasteiger partial charge in [-0.15, -0.1) is 0 Å². The summed E-state index contributed by atoms with van der Waals surface area (Å²) in [6, 6.07) is 3.41. The van der Waals surface area contributed by atoms with Crippen LogP contribution in [-0.2, 0) is 10.9 Å². The molecular weight excluding hydrogens is 285 g/mol. The summed E-state index contributed by atoms with van der Waals surface area (Å²) in [7, 11) is 2.89. The summed E-state index contributed by atoms with van der Waals surface area (Å²) in [6.45, 7) is 3.72. The van der Waals surface area contributed by atoms with E-state index in [0.29, 0.717) is 0 Å². The van der Waals surface area contributed by atoms with Gasteiger partial charge in [-0.25, -0.2) is 0 Å². The van der Waals surface area contributed by atoms with Gasteiger partial charge in [-0.05, 0) is 32.0 Å². The molecule has 1 aromatic carbocycles. The number of amides is 1. The monoisotopic (exact) mass is 304 g/mol. The Kier molecular flexibility index (Phi) is 5.22. The number of carbonyl (C=O) groups excluding carboxylic acids is 1. The van der Waals surface area contributed by atoms with E-state index in [1.54, 1.807) is 13.8 Å². The second-order valence-electron chi connectivity index (χ2n) is 5.15. The Morgan fingerprint density at radius 1 is 1.29 bits per heavy atom. The zero-order valence-electron chi connectivity index (χ0n) is 12.4. The second kappa shape index (κ2) is 6.34. The van der Waals surface area contributed by atoms with Gasteiger partial charge in [0, 0.05) is 32.0 Å². The van der Waals surface area contributed by atoms with Crippen LogP contribution in [0.5, 0.6) is 0 Å². The van der Waals surface area contributed by atoms with Crippen molar-refractivity contribution in [2.75, 3.05) is 26.0 Å². The molecule has 21 heavy (non-hydrogen) atoms. The molecule has 0 aliphatic heterocycles. The number of anilines is 1. The molecule has 0 fully saturated rings. The van der Waals surface area contributed by atoms with Crippen molar-refractivity contribution in [2.45, 2.75) is 25.6 Å². The van der Waals surface area contributed by atoms with Crippen LogP contribution in [-0.4, -0.2) is 32.2 Å². The van der Waals surface area contributed by atoms with Gasteiger partial charge in [0.05, 0.1) is 11.2 Å². The van der Waals surface area contributed by atoms with E-state index in [4.69, 9.17) is 4.74 Å². The van der Waals surface area contributed by atoms with Crippen molar-refractivity contribution in [1.29, 1.82) is 0 Å². The molecule has 0 aliphatic carbocycles. The highest BCUT2D eigenvalue weighted by atomic mass is 19.4. The van der Waals surface area contributed by atoms with Gasteiger partial charge in [-0.1, -0.05) is 0 Å². The van der Waals surface area contributed by atoms with Gasteiger partial charge >= 0.3 is 6.18 Å². The van der Waals surface area contributed by atoms with Gasteiger partial charge in [0.15, 0.2) is 0 Å². The molecule has 118 valence electrons. The lowest BCUT2D eigenvalue weighted by molar-refractivity contribution is -0.136. The average molecular weight is 304 g/mol. The number of hydrogen-bond donors (Lipinski definition) is 2. The molecule has 0 saturated heterocycles. The Morgan fingerprint density at radius 3 is 2.38 bits per heavy atom. The van der Waals surface area contributed by atoms with Gasteiger partial charge in [-0.2, -0.15) is 13.2 Å². The lowest BCUT2D eigenvalue weighted by atomic mass is 10.1. The van der Waals surface area contributed by atoms with Crippen LogP contribution in [0.25, 0.3) is 0 Å². The van der Waals surface area contributed by atoms with Crippen molar-refractivity contribution in [3.63, 3.8) is 0 Å². The van der Waals surface area contributed by atoms with Crippen LogP contribution >= 0.6 is 0 Å². The third-order valence-electron chi connectivity index (χ3n) is 3.08. The van der Waals surface area contributed by atoms with E-state index >= 15 is 0 Å². The van der Waals surface area contributed by atoms with Crippen molar-refractivity contribution in [1.82, 2.24) is 5.32 Å². The summed E-state index contributed by atoms with van der Waals surface area (Å²) in [4.78, 5) is 11.9. The van der Waals surface area contributed by atoms with Crippen molar-refractivity contribution in [3.05, 3.63) is 29.3 Å². The zero-order valence-corrected chi connectivity index (χ0v) is 12.4. The Morgan fingerprint density at radius 2 is 1.90 bits per heavy atom. The van der Waals surface area contributed by atoms with E-state index in [-0.39, 0.29) is 17.8 Å². The molecule has 0 aliphatic rings. The molecule has 1 amide bonds. The third kappa shape index (κ3) is 4.63. The van der Waals surface area contributed by atoms with Crippen LogP contribution < -0.4 is 10.6 Å². The standard InChI is InChI=1S/C14H19F3N2O2/c1-13(2,21-4)8-19-12(20)9-5-6-11(18-3)10(7-9)14(15,16)17/h5-7,18H,8H2,1-4H3,(H,19,20). The predicted octanol–water partition coefficient (Wildman–Crippen LogP) is 2.90. The number of alkyl halides is 3. The summed E-state index contributed by atoms with van der Waals surface area (Å²) in [5, 5.41) is 5.02. The average Bonchev–Trinajstić information content (AvgIpc) is 2.43. The fourth-order valence-corrected chi connectivity index (χ4v) is 1.61. The van der Waals surface area contributed by atoms with E-state index < -0.39 is 23.2 Å². The first-order chi connectivity index (χ1) is 9.60. The van der Waals surface area contributed by atoms with Crippen LogP contribution in [0.15, 0.2) is 18.2 Å². The first-order valence-corrected chi connectivity index (χ1v) is 6.33. The molecule has 4 nitrogen and oxygen atoms in total. The van der Waals surface area contributed by atoms with Crippen molar-refractivity contribution >= 4 is 11.6 Å². The minimum Gasteiger partial charge on any atom is -0.388 e. The molecule has 7 heteroatoms. The van der Waals surface area contributed by atoms with E-state index in [1.165, 1.54) is 26.3 Å². The number of carbonyl (C=O) groups is 1. The molecule has 0 unspecified atom stereocenters. The molecule has 0 aromatic heterocycles. The van der Waals surface area contributed by atoms with E-state index in [1.807, 2.05) is 0 Å². The zero-order chi connectivity index (χ0) is 16.3. The van der Waals surface area contributed by atoms with Gasteiger partial charge in [0.2, 0.25) is 0 Å². The van der Waals surface area contributed by atoms with Crippen LogP contribution in [0.4, 0.5) is 18.9 Å². The molecule has 0 atom stereocenters. The smallest absolute Gasteiger partial charge is 0.388 e. The maximum atomic E-state index is 12.9. The van der Waals surface area contributed by atoms with Crippen LogP contribution in [0.1, 0.15) is 29.8 Å². The van der Waals surface area contributed by atoms with E-state index in [2.05, 4.69) is 10.6 Å². The Balaban J connectivity index is 2.96. The molecule has 0 spiro atoms. The SMILES string of the molecule is CNc1ccc(C(=O)NCC(C)(C)OC)cc1C(F)(F)F. The molecule has 1 rings (SSSR count). The Labute approximate surface area is 121 Å². The summed E-state index contributed by atoms with van der Waals surface area (Å²) in [6.07, 6.45) is -4.53. The summed E-state index contributed by atoms with van der Waals surface area (Å²) >= 11 is 0. The fraction of sp³-hybridized carbons (Fsp3) is 0.500. The number of methoxy groups -OCH3 is 1. The van der Waals surface area contributed by atoms with Crippen LogP contribution in [0, 0.1) is 0 Å². The number of ether oxygens (including phenoxy) is 1. The molecule has 2 N–H and O–H groups in total. The minimum absolute atomic E-state index is 0.0479. The van der Waals surface area contributed by atoms with Gasteiger partial charge < -0.3 is 15.4 Å². The van der Waals surface area contributed by atoms with E-state index in [0.717, 1.165) is 6.07 Å². The summed E-state index contributed by atoms with van der Waals surface area (Å²) in [5.74, 6) is -0.576. The fourth-order valence-electron chi connectivity index (χ4n) is 1.61. The summed E-state index contributed by atoms with van der Waals surface area (Å²) < 4.78 is 43.9. The molecule has 0 heterocycles. The van der Waals surface area contributed by atoms with Crippen molar-refractivity contribution in [3.8, 4) is 0 Å². The Hall–Kier alpha value is -1.76. The number of hydrogen-bond acceptors (Lipinski definition) is 3. The highest BCUT2D eigenvalue weighted by Crippen LogP contribution is 2.35. The largest absolute Gasteiger partial charge is 0.418 e. The number of rotatable bonds is 5. The first kappa shape index (κ1) is 17.3. The number of halogens is 3. The van der Waals surface area contributed by atoms with Gasteiger partial charge in [0.25, 0.3) is 5.91 Å². The predicted molar refractivity (Wildman–Crippen MR) is 74.4 cm³/mol. The highest BCUT2D eigenvalue weighted by molar-refractivity contribution is 5.95. The highest BCUT2D eigenvalue weighted by Gasteiger charge is 2.34. The van der Waals surface area contributed by atoms with Crippen LogP contribution in [0.3, 0.4) is 0 Å². The lowest BCUT2D eigenvalue weighted by Crippen LogP contribution is -2.39. The van der Waals surface area contributed by atoms with Gasteiger partial charge in [-0.3, -0.25) is 4.79 Å². The number of benzene rings is 1. The van der Waals surface area contributed by atoms with Crippen molar-refractivity contribution < 1.29 is 22.7 Å². The molecule has 0 saturated carbocycles. The lowest BCUT2D eigenvalue weighted by Gasteiger charge is -2.23. The molecule has 1 aromatic rings. The maximum absolute atomic E-state index is 12.9. The van der Waals surface area contributed by atoms with Crippen molar-refractivity contribution in [2.24, 2.45) is 0 Å². The quantitative estimate of drug-likeness (QED) is 0.879. The number of nitrogens with one attached hydrogen (secondary N) is 2. The minimum atomic E-state index is -4.53. The second-order valence-corrected chi connectivity index (χ2v) is 5.15. The molecule has 0 bridgehead atoms. The Bertz CT molecular complexity index is 513. The molecular formula is C14H19F3N2O2. The first-order valence-electron chi connectivity index (χ1n) is 6.33. The maximum Gasteiger partial charge on any atom is 0.418 e. The third-order valence-corrected chi connectivity index (χ3v) is 3.08. The normalized spacial score (nSPS) is 12.1. The summed E-state index contributed by atoms with van der Waals surface area (Å²) in [5.41, 5.74) is -1.58.